The first-order chi connectivity index (χ1) is 42.8. The van der Waals surface area contributed by atoms with Crippen molar-refractivity contribution in [2.75, 3.05) is 26.4 Å². The second-order valence-electron chi connectivity index (χ2n) is 26.1. The van der Waals surface area contributed by atoms with Gasteiger partial charge in [-0.1, -0.05) is 276 Å². The molecule has 0 bridgehead atoms. The highest BCUT2D eigenvalue weighted by atomic mass is 16.8. The number of allylic oxidation sites excluding steroid dienone is 1. The van der Waals surface area contributed by atoms with Crippen molar-refractivity contribution in [1.82, 2.24) is 5.32 Å². The Hall–Kier alpha value is -1.47. The van der Waals surface area contributed by atoms with Gasteiger partial charge in [0.1, 0.15) is 73.2 Å². The van der Waals surface area contributed by atoms with E-state index in [9.17, 15) is 61.0 Å². The van der Waals surface area contributed by atoms with E-state index < -0.39 is 124 Å². The summed E-state index contributed by atoms with van der Waals surface area (Å²) in [6.45, 7) is 1.77. The molecule has 0 aromatic carbocycles. The fourth-order valence-electron chi connectivity index (χ4n) is 12.5. The lowest BCUT2D eigenvalue weighted by molar-refractivity contribution is -0.379. The van der Waals surface area contributed by atoms with E-state index in [2.05, 4.69) is 19.2 Å². The molecule has 520 valence electrons. The molecule has 3 heterocycles. The highest BCUT2D eigenvalue weighted by Gasteiger charge is 2.53. The molecule has 3 aliphatic rings. The minimum absolute atomic E-state index is 0.249. The molecule has 0 aliphatic carbocycles. The zero-order valence-electron chi connectivity index (χ0n) is 55.0. The van der Waals surface area contributed by atoms with Gasteiger partial charge in [-0.25, -0.2) is 0 Å². The molecule has 3 saturated heterocycles. The number of amides is 1. The van der Waals surface area contributed by atoms with Crippen LogP contribution in [0.25, 0.3) is 0 Å². The molecule has 0 radical (unpaired) electrons. The number of hydrogen-bond donors (Lipinski definition) is 12. The standard InChI is InChI=1S/C69H131NO18/c1-3-5-7-9-11-13-15-17-19-21-22-23-24-25-26-27-28-29-30-31-32-34-36-38-40-42-44-46-53(74)52(70-57(75)47-45-43-41-39-37-35-33-20-18-16-14-12-10-8-6-4-2)51-83-67-63(81)60(78)65(55(49-72)85-67)88-69-64(82)61(79)66(56(50-73)86-69)87-68-62(80)59(77)58(76)54(48-71)84-68/h44,46,52-56,58-69,71-74,76-82H,3-43,45,47-51H2,1-2H3,(H,70,75)/b46-44+. The first-order valence-electron chi connectivity index (χ1n) is 35.9. The summed E-state index contributed by atoms with van der Waals surface area (Å²) in [6, 6.07) is -0.968. The van der Waals surface area contributed by atoms with E-state index in [4.69, 9.17) is 28.4 Å². The Morgan fingerprint density at radius 2 is 0.705 bits per heavy atom. The molecule has 17 unspecified atom stereocenters. The summed E-state index contributed by atoms with van der Waals surface area (Å²) in [7, 11) is 0. The molecule has 0 aromatic rings. The third kappa shape index (κ3) is 33.6. The Morgan fingerprint density at radius 3 is 1.07 bits per heavy atom. The van der Waals surface area contributed by atoms with Crippen LogP contribution in [-0.4, -0.2) is 193 Å². The van der Waals surface area contributed by atoms with Gasteiger partial charge in [0.2, 0.25) is 5.91 Å². The Morgan fingerprint density at radius 1 is 0.398 bits per heavy atom. The van der Waals surface area contributed by atoms with E-state index in [1.54, 1.807) is 6.08 Å². The van der Waals surface area contributed by atoms with Crippen LogP contribution < -0.4 is 5.32 Å². The average Bonchev–Trinajstić information content (AvgIpc) is 1.28. The number of carbonyl (C=O) groups excluding carboxylic acids is 1. The average molecular weight is 1260 g/mol. The lowest BCUT2D eigenvalue weighted by Crippen LogP contribution is -2.66. The summed E-state index contributed by atoms with van der Waals surface area (Å²) in [5, 5.41) is 121. The summed E-state index contributed by atoms with van der Waals surface area (Å²) >= 11 is 0. The minimum atomic E-state index is -1.98. The van der Waals surface area contributed by atoms with E-state index in [-0.39, 0.29) is 18.9 Å². The molecule has 1 amide bonds. The van der Waals surface area contributed by atoms with Crippen LogP contribution in [0.1, 0.15) is 290 Å². The van der Waals surface area contributed by atoms with Gasteiger partial charge < -0.3 is 89.9 Å². The monoisotopic (exact) mass is 1260 g/mol. The summed E-state index contributed by atoms with van der Waals surface area (Å²) < 4.78 is 34.4. The van der Waals surface area contributed by atoms with Crippen LogP contribution in [0.3, 0.4) is 0 Å². The van der Waals surface area contributed by atoms with Crippen molar-refractivity contribution in [2.24, 2.45) is 0 Å². The maximum atomic E-state index is 13.4. The SMILES string of the molecule is CCCCCCCCCCCCCCCCCCCCCCCCCCC/C=C/C(O)C(COC1OC(CO)C(OC2OC(CO)C(OC3OC(CO)C(O)C(O)C3O)C(O)C2O)C(O)C1O)NC(=O)CCCCCCCCCCCCCCCCCC. The third-order valence-electron chi connectivity index (χ3n) is 18.3. The smallest absolute Gasteiger partial charge is 0.220 e. The highest BCUT2D eigenvalue weighted by Crippen LogP contribution is 2.33. The summed E-state index contributed by atoms with van der Waals surface area (Å²) in [4.78, 5) is 13.4. The largest absolute Gasteiger partial charge is 0.394 e. The van der Waals surface area contributed by atoms with Crippen molar-refractivity contribution in [2.45, 2.75) is 394 Å². The Balaban J connectivity index is 1.41. The number of aliphatic hydroxyl groups excluding tert-OH is 11. The van der Waals surface area contributed by atoms with Crippen molar-refractivity contribution in [1.29, 1.82) is 0 Å². The Bertz CT molecular complexity index is 1650. The van der Waals surface area contributed by atoms with Crippen molar-refractivity contribution < 1.29 is 89.4 Å². The number of nitrogens with one attached hydrogen (secondary N) is 1. The predicted octanol–water partition coefficient (Wildman–Crippen LogP) is 9.67. The van der Waals surface area contributed by atoms with Gasteiger partial charge in [0, 0.05) is 6.42 Å². The molecular formula is C69H131NO18. The molecule has 17 atom stereocenters. The molecule has 3 fully saturated rings. The van der Waals surface area contributed by atoms with Gasteiger partial charge in [0.15, 0.2) is 18.9 Å². The number of aliphatic hydroxyl groups is 11. The molecule has 0 aromatic heterocycles. The lowest BCUT2D eigenvalue weighted by Gasteiger charge is -2.48. The summed E-state index contributed by atoms with van der Waals surface area (Å²) in [5.74, 6) is -0.270. The number of unbranched alkanes of at least 4 members (excludes halogenated alkanes) is 40. The van der Waals surface area contributed by atoms with Crippen molar-refractivity contribution in [3.8, 4) is 0 Å². The normalized spacial score (nSPS) is 28.4. The quantitative estimate of drug-likeness (QED) is 0.0199. The lowest BCUT2D eigenvalue weighted by atomic mass is 9.96. The Kier molecular flexibility index (Phi) is 47.6. The first-order valence-corrected chi connectivity index (χ1v) is 35.9. The van der Waals surface area contributed by atoms with Crippen molar-refractivity contribution >= 4 is 5.91 Å². The Labute approximate surface area is 531 Å². The van der Waals surface area contributed by atoms with Crippen LogP contribution in [0.5, 0.6) is 0 Å². The van der Waals surface area contributed by atoms with E-state index in [0.717, 1.165) is 44.9 Å². The van der Waals surface area contributed by atoms with Gasteiger partial charge in [-0.05, 0) is 19.3 Å². The zero-order chi connectivity index (χ0) is 64.0. The van der Waals surface area contributed by atoms with Crippen LogP contribution in [0.15, 0.2) is 12.2 Å². The van der Waals surface area contributed by atoms with E-state index in [0.29, 0.717) is 6.42 Å². The van der Waals surface area contributed by atoms with Crippen molar-refractivity contribution in [3.05, 3.63) is 12.2 Å². The van der Waals surface area contributed by atoms with Gasteiger partial charge >= 0.3 is 0 Å². The fourth-order valence-corrected chi connectivity index (χ4v) is 12.5. The van der Waals surface area contributed by atoms with E-state index in [1.807, 2.05) is 6.08 Å². The fraction of sp³-hybridized carbons (Fsp3) is 0.957. The first kappa shape index (κ1) is 80.8. The minimum Gasteiger partial charge on any atom is -0.394 e. The number of ether oxygens (including phenoxy) is 6. The molecule has 0 saturated carbocycles. The highest BCUT2D eigenvalue weighted by molar-refractivity contribution is 5.76. The number of carbonyl (C=O) groups is 1. The van der Waals surface area contributed by atoms with E-state index >= 15 is 0 Å². The topological polar surface area (TPSA) is 307 Å². The molecular weight excluding hydrogens is 1130 g/mol. The predicted molar refractivity (Wildman–Crippen MR) is 342 cm³/mol. The molecule has 3 rings (SSSR count). The molecule has 12 N–H and O–H groups in total. The maximum Gasteiger partial charge on any atom is 0.220 e. The van der Waals surface area contributed by atoms with Gasteiger partial charge in [-0.2, -0.15) is 0 Å². The van der Waals surface area contributed by atoms with Crippen LogP contribution >= 0.6 is 0 Å². The van der Waals surface area contributed by atoms with Gasteiger partial charge in [0.05, 0.1) is 38.6 Å². The van der Waals surface area contributed by atoms with Crippen LogP contribution in [0.4, 0.5) is 0 Å². The number of rotatable bonds is 56. The maximum absolute atomic E-state index is 13.4. The summed E-state index contributed by atoms with van der Waals surface area (Å²) in [6.07, 6.45) is 30.5. The van der Waals surface area contributed by atoms with Gasteiger partial charge in [0.25, 0.3) is 0 Å². The number of hydrogen-bond acceptors (Lipinski definition) is 18. The van der Waals surface area contributed by atoms with Crippen molar-refractivity contribution in [3.63, 3.8) is 0 Å². The van der Waals surface area contributed by atoms with E-state index in [1.165, 1.54) is 218 Å². The van der Waals surface area contributed by atoms with Crippen LogP contribution in [0, 0.1) is 0 Å². The van der Waals surface area contributed by atoms with Crippen LogP contribution in [0.2, 0.25) is 0 Å². The third-order valence-corrected chi connectivity index (χ3v) is 18.3. The molecule has 19 nitrogen and oxygen atoms in total. The second-order valence-corrected chi connectivity index (χ2v) is 26.1. The van der Waals surface area contributed by atoms with Crippen LogP contribution in [-0.2, 0) is 33.2 Å². The molecule has 3 aliphatic heterocycles. The molecule has 19 heteroatoms. The molecule has 0 spiro atoms. The second kappa shape index (κ2) is 51.9. The van der Waals surface area contributed by atoms with Gasteiger partial charge in [-0.3, -0.25) is 4.79 Å². The summed E-state index contributed by atoms with van der Waals surface area (Å²) in [5.41, 5.74) is 0. The molecule has 88 heavy (non-hydrogen) atoms. The zero-order valence-corrected chi connectivity index (χ0v) is 55.0. The van der Waals surface area contributed by atoms with Gasteiger partial charge in [-0.15, -0.1) is 0 Å².